The van der Waals surface area contributed by atoms with E-state index in [1.165, 1.54) is 18.4 Å². The second-order valence-electron chi connectivity index (χ2n) is 10.9. The Balaban J connectivity index is 1.35. The third-order valence-corrected chi connectivity index (χ3v) is 6.68. The van der Waals surface area contributed by atoms with Gasteiger partial charge in [-0.2, -0.15) is 0 Å². The van der Waals surface area contributed by atoms with Gasteiger partial charge in [0.15, 0.2) is 0 Å². The number of carbonyl (C=O) groups is 1. The van der Waals surface area contributed by atoms with Crippen molar-refractivity contribution in [3.8, 4) is 5.75 Å². The number of carbonyl (C=O) groups excluding carboxylic acids is 1. The second kappa shape index (κ2) is 12.9. The van der Waals surface area contributed by atoms with Crippen LogP contribution in [0.3, 0.4) is 0 Å². The molecule has 2 atom stereocenters. The van der Waals surface area contributed by atoms with Crippen molar-refractivity contribution < 1.29 is 14.6 Å². The molecule has 204 valence electrons. The van der Waals surface area contributed by atoms with Gasteiger partial charge in [-0.1, -0.05) is 37.1 Å². The van der Waals surface area contributed by atoms with Crippen LogP contribution in [0.4, 0.5) is 4.79 Å². The maximum absolute atomic E-state index is 13.0. The van der Waals surface area contributed by atoms with Gasteiger partial charge in [-0.3, -0.25) is 9.88 Å². The molecule has 4 N–H and O–H groups in total. The Bertz CT molecular complexity index is 1140. The van der Waals surface area contributed by atoms with Gasteiger partial charge in [0.1, 0.15) is 22.9 Å². The predicted octanol–water partition coefficient (Wildman–Crippen LogP) is 4.64. The lowest BCUT2D eigenvalue weighted by Crippen LogP contribution is -2.49. The summed E-state index contributed by atoms with van der Waals surface area (Å²) in [4.78, 5) is 26.2. The molecule has 1 saturated carbocycles. The van der Waals surface area contributed by atoms with Gasteiger partial charge in [-0.25, -0.2) is 9.78 Å². The van der Waals surface area contributed by atoms with E-state index in [0.29, 0.717) is 24.3 Å². The number of amides is 1. The SMILES string of the molecule is CC(C)(C)OC(=O)N(Cc1ccc(CN[C@@H]2CCCC[C@@H]2NCc2ncc[nH]2)cc1)Cc1ncccc1O. The lowest BCUT2D eigenvalue weighted by molar-refractivity contribution is 0.0213. The van der Waals surface area contributed by atoms with Crippen LogP contribution >= 0.6 is 0 Å². The molecule has 4 rings (SSSR count). The molecule has 0 unspecified atom stereocenters. The summed E-state index contributed by atoms with van der Waals surface area (Å²) >= 11 is 0. The molecular formula is C29H40N6O3. The number of ether oxygens (including phenoxy) is 1. The van der Waals surface area contributed by atoms with Crippen LogP contribution in [0, 0.1) is 0 Å². The Morgan fingerprint density at radius 2 is 1.68 bits per heavy atom. The highest BCUT2D eigenvalue weighted by atomic mass is 16.6. The summed E-state index contributed by atoms with van der Waals surface area (Å²) in [5, 5.41) is 17.6. The topological polar surface area (TPSA) is 115 Å². The van der Waals surface area contributed by atoms with Crippen molar-refractivity contribution in [2.24, 2.45) is 0 Å². The van der Waals surface area contributed by atoms with Gasteiger partial charge in [0, 0.05) is 43.8 Å². The summed E-state index contributed by atoms with van der Waals surface area (Å²) < 4.78 is 5.62. The highest BCUT2D eigenvalue weighted by Gasteiger charge is 2.25. The number of nitrogens with zero attached hydrogens (tertiary/aromatic N) is 3. The van der Waals surface area contributed by atoms with Crippen molar-refractivity contribution in [2.45, 2.75) is 90.3 Å². The van der Waals surface area contributed by atoms with E-state index in [1.54, 1.807) is 29.4 Å². The highest BCUT2D eigenvalue weighted by molar-refractivity contribution is 5.68. The van der Waals surface area contributed by atoms with Crippen molar-refractivity contribution in [1.82, 2.24) is 30.5 Å². The number of benzene rings is 1. The summed E-state index contributed by atoms with van der Waals surface area (Å²) in [5.41, 5.74) is 1.98. The standard InChI is InChI=1S/C29H40N6O3/c1-29(2,3)38-28(37)35(20-25-26(36)9-6-14-30-25)19-22-12-10-21(11-13-22)17-33-23-7-4-5-8-24(23)34-18-27-31-15-16-32-27/h6,9-16,23-24,33-34,36H,4-5,7-8,17-20H2,1-3H3,(H,31,32)/t23-,24+/m1/s1. The van der Waals surface area contributed by atoms with Crippen molar-refractivity contribution in [1.29, 1.82) is 0 Å². The fraction of sp³-hybridized carbons (Fsp3) is 0.483. The van der Waals surface area contributed by atoms with E-state index >= 15 is 0 Å². The smallest absolute Gasteiger partial charge is 0.410 e. The minimum atomic E-state index is -0.624. The average molecular weight is 521 g/mol. The van der Waals surface area contributed by atoms with Crippen LogP contribution in [-0.2, 0) is 30.9 Å². The molecule has 0 aliphatic heterocycles. The molecule has 0 spiro atoms. The van der Waals surface area contributed by atoms with E-state index < -0.39 is 11.7 Å². The summed E-state index contributed by atoms with van der Waals surface area (Å²) in [7, 11) is 0. The number of nitrogens with one attached hydrogen (secondary N) is 3. The maximum Gasteiger partial charge on any atom is 0.410 e. The Morgan fingerprint density at radius 3 is 2.32 bits per heavy atom. The molecule has 1 aromatic carbocycles. The Hall–Kier alpha value is -3.43. The zero-order valence-electron chi connectivity index (χ0n) is 22.6. The molecule has 38 heavy (non-hydrogen) atoms. The van der Waals surface area contributed by atoms with Crippen molar-refractivity contribution in [3.63, 3.8) is 0 Å². The van der Waals surface area contributed by atoms with Gasteiger partial charge in [0.25, 0.3) is 0 Å². The van der Waals surface area contributed by atoms with Crippen molar-refractivity contribution >= 4 is 6.09 Å². The first kappa shape index (κ1) is 27.6. The molecule has 9 heteroatoms. The summed E-state index contributed by atoms with van der Waals surface area (Å²) in [6.07, 6.45) is 9.59. The molecule has 2 heterocycles. The van der Waals surface area contributed by atoms with Crippen molar-refractivity contribution in [3.05, 3.63) is 77.6 Å². The first-order valence-corrected chi connectivity index (χ1v) is 13.4. The van der Waals surface area contributed by atoms with Crippen LogP contribution in [0.5, 0.6) is 5.75 Å². The molecule has 0 saturated heterocycles. The molecule has 1 aliphatic rings. The zero-order chi connectivity index (χ0) is 27.0. The number of H-pyrrole nitrogens is 1. The summed E-state index contributed by atoms with van der Waals surface area (Å²) in [5.74, 6) is 1.02. The number of aromatic nitrogens is 3. The first-order valence-electron chi connectivity index (χ1n) is 13.4. The molecule has 1 fully saturated rings. The number of imidazole rings is 1. The summed E-state index contributed by atoms with van der Waals surface area (Å²) in [6.45, 7) is 7.54. The Morgan fingerprint density at radius 1 is 1.00 bits per heavy atom. The minimum absolute atomic E-state index is 0.0575. The van der Waals surface area contributed by atoms with Gasteiger partial charge < -0.3 is 25.5 Å². The molecule has 1 aliphatic carbocycles. The fourth-order valence-corrected chi connectivity index (χ4v) is 4.72. The van der Waals surface area contributed by atoms with Gasteiger partial charge >= 0.3 is 6.09 Å². The number of pyridine rings is 1. The van der Waals surface area contributed by atoms with Gasteiger partial charge in [0.2, 0.25) is 0 Å². The molecule has 1 amide bonds. The van der Waals surface area contributed by atoms with Crippen LogP contribution in [-0.4, -0.2) is 48.7 Å². The largest absolute Gasteiger partial charge is 0.506 e. The van der Waals surface area contributed by atoms with Gasteiger partial charge in [-0.15, -0.1) is 0 Å². The molecule has 3 aromatic rings. The number of hydrogen-bond donors (Lipinski definition) is 4. The average Bonchev–Trinajstić information content (AvgIpc) is 3.41. The molecule has 0 bridgehead atoms. The minimum Gasteiger partial charge on any atom is -0.506 e. The van der Waals surface area contributed by atoms with Crippen LogP contribution in [0.15, 0.2) is 55.0 Å². The molecular weight excluding hydrogens is 480 g/mol. The zero-order valence-corrected chi connectivity index (χ0v) is 22.6. The lowest BCUT2D eigenvalue weighted by atomic mass is 9.90. The van der Waals surface area contributed by atoms with E-state index in [9.17, 15) is 9.90 Å². The quantitative estimate of drug-likeness (QED) is 0.308. The first-order chi connectivity index (χ1) is 18.3. The maximum atomic E-state index is 13.0. The van der Waals surface area contributed by atoms with Crippen molar-refractivity contribution in [2.75, 3.05) is 0 Å². The Labute approximate surface area is 225 Å². The highest BCUT2D eigenvalue weighted by Crippen LogP contribution is 2.21. The van der Waals surface area contributed by atoms with E-state index in [4.69, 9.17) is 4.74 Å². The lowest BCUT2D eigenvalue weighted by Gasteiger charge is -2.33. The van der Waals surface area contributed by atoms with Gasteiger partial charge in [0.05, 0.1) is 13.1 Å². The molecule has 2 aromatic heterocycles. The molecule has 0 radical (unpaired) electrons. The summed E-state index contributed by atoms with van der Waals surface area (Å²) in [6, 6.07) is 12.3. The van der Waals surface area contributed by atoms with E-state index in [0.717, 1.165) is 37.3 Å². The second-order valence-corrected chi connectivity index (χ2v) is 10.9. The number of hydrogen-bond acceptors (Lipinski definition) is 7. The van der Waals surface area contributed by atoms with E-state index in [-0.39, 0.29) is 12.3 Å². The number of aromatic amines is 1. The number of rotatable bonds is 10. The van der Waals surface area contributed by atoms with Crippen LogP contribution in [0.2, 0.25) is 0 Å². The van der Waals surface area contributed by atoms with Crippen LogP contribution in [0.25, 0.3) is 0 Å². The third-order valence-electron chi connectivity index (χ3n) is 6.68. The number of aromatic hydroxyl groups is 1. The predicted molar refractivity (Wildman–Crippen MR) is 146 cm³/mol. The fourth-order valence-electron chi connectivity index (χ4n) is 4.72. The monoisotopic (exact) mass is 520 g/mol. The Kier molecular flexibility index (Phi) is 9.36. The van der Waals surface area contributed by atoms with Crippen LogP contribution < -0.4 is 10.6 Å². The molecule has 9 nitrogen and oxygen atoms in total. The van der Waals surface area contributed by atoms with Crippen LogP contribution in [0.1, 0.15) is 69.1 Å². The van der Waals surface area contributed by atoms with E-state index in [2.05, 4.69) is 37.7 Å². The van der Waals surface area contributed by atoms with E-state index in [1.807, 2.05) is 39.1 Å². The van der Waals surface area contributed by atoms with Gasteiger partial charge in [-0.05, 0) is 56.9 Å². The third kappa shape index (κ3) is 8.29. The normalized spacial score (nSPS) is 17.8.